The lowest BCUT2D eigenvalue weighted by molar-refractivity contribution is -0.115. The first-order valence-electron chi connectivity index (χ1n) is 9.22. The minimum Gasteiger partial charge on any atom is -0.318 e. The summed E-state index contributed by atoms with van der Waals surface area (Å²) < 4.78 is 2.15. The van der Waals surface area contributed by atoms with E-state index in [1.807, 2.05) is 68.5 Å². The SMILES string of the molecule is Cc1cccc(N=C2NC(=O)/C(=C/c3cc(C)n(-c4ccc(Cl)cc4)c3C)S2)c1. The van der Waals surface area contributed by atoms with Gasteiger partial charge < -0.3 is 9.88 Å². The molecule has 0 spiro atoms. The first-order valence-corrected chi connectivity index (χ1v) is 10.4. The first-order chi connectivity index (χ1) is 13.9. The van der Waals surface area contributed by atoms with Gasteiger partial charge >= 0.3 is 0 Å². The van der Waals surface area contributed by atoms with Crippen LogP contribution >= 0.6 is 23.4 Å². The molecule has 0 atom stereocenters. The second-order valence-electron chi connectivity index (χ2n) is 6.96. The molecule has 1 amide bonds. The summed E-state index contributed by atoms with van der Waals surface area (Å²) in [4.78, 5) is 17.6. The first kappa shape index (κ1) is 19.6. The van der Waals surface area contributed by atoms with E-state index in [0.29, 0.717) is 15.1 Å². The molecule has 29 heavy (non-hydrogen) atoms. The molecule has 6 heteroatoms. The molecule has 2 heterocycles. The van der Waals surface area contributed by atoms with Crippen molar-refractivity contribution in [2.24, 2.45) is 4.99 Å². The van der Waals surface area contributed by atoms with Gasteiger partial charge in [-0.05, 0) is 92.2 Å². The van der Waals surface area contributed by atoms with E-state index < -0.39 is 0 Å². The monoisotopic (exact) mass is 421 g/mol. The molecule has 2 aromatic carbocycles. The average molecular weight is 422 g/mol. The molecule has 1 aliphatic heterocycles. The van der Waals surface area contributed by atoms with Crippen LogP contribution in [0.5, 0.6) is 0 Å². The fourth-order valence-corrected chi connectivity index (χ4v) is 4.32. The van der Waals surface area contributed by atoms with Gasteiger partial charge in [0.15, 0.2) is 5.17 Å². The maximum atomic E-state index is 12.5. The zero-order valence-corrected chi connectivity index (χ0v) is 17.9. The highest BCUT2D eigenvalue weighted by Gasteiger charge is 2.24. The summed E-state index contributed by atoms with van der Waals surface area (Å²) in [6.07, 6.45) is 1.92. The summed E-state index contributed by atoms with van der Waals surface area (Å²) in [6, 6.07) is 17.7. The molecule has 4 rings (SSSR count). The van der Waals surface area contributed by atoms with Gasteiger partial charge in [0.2, 0.25) is 0 Å². The van der Waals surface area contributed by atoms with E-state index in [-0.39, 0.29) is 5.91 Å². The normalized spacial score (nSPS) is 16.6. The molecular formula is C23H20ClN3OS. The number of halogens is 1. The molecule has 0 saturated carbocycles. The van der Waals surface area contributed by atoms with Gasteiger partial charge in [-0.1, -0.05) is 23.7 Å². The molecule has 1 fully saturated rings. The summed E-state index contributed by atoms with van der Waals surface area (Å²) >= 11 is 7.38. The standard InChI is InChI=1S/C23H20ClN3OS/c1-14-5-4-6-19(11-14)25-23-26-22(28)21(29-23)13-17-12-15(2)27(16(17)3)20-9-7-18(24)8-10-20/h4-13H,1-3H3,(H,25,26,28)/b21-13-. The lowest BCUT2D eigenvalue weighted by Crippen LogP contribution is -2.19. The van der Waals surface area contributed by atoms with Crippen LogP contribution in [0.2, 0.25) is 5.02 Å². The van der Waals surface area contributed by atoms with Gasteiger partial charge in [0, 0.05) is 22.1 Å². The van der Waals surface area contributed by atoms with E-state index in [1.165, 1.54) is 11.8 Å². The number of hydrogen-bond donors (Lipinski definition) is 1. The van der Waals surface area contributed by atoms with Crippen molar-refractivity contribution >= 4 is 46.2 Å². The summed E-state index contributed by atoms with van der Waals surface area (Å²) in [5.41, 5.74) is 6.16. The number of amidine groups is 1. The Kier molecular flexibility index (Phi) is 5.35. The van der Waals surface area contributed by atoms with Crippen molar-refractivity contribution in [3.8, 4) is 5.69 Å². The van der Waals surface area contributed by atoms with Gasteiger partial charge in [-0.3, -0.25) is 4.79 Å². The number of aliphatic imine (C=N–C) groups is 1. The number of carbonyl (C=O) groups excluding carboxylic acids is 1. The fourth-order valence-electron chi connectivity index (χ4n) is 3.36. The minimum atomic E-state index is -0.127. The van der Waals surface area contributed by atoms with Gasteiger partial charge in [-0.2, -0.15) is 0 Å². The predicted molar refractivity (Wildman–Crippen MR) is 122 cm³/mol. The van der Waals surface area contributed by atoms with Crippen LogP contribution in [0, 0.1) is 20.8 Å². The van der Waals surface area contributed by atoms with Crippen molar-refractivity contribution < 1.29 is 4.79 Å². The molecule has 0 bridgehead atoms. The number of nitrogens with one attached hydrogen (secondary N) is 1. The zero-order chi connectivity index (χ0) is 20.5. The third-order valence-corrected chi connectivity index (χ3v) is 5.89. The predicted octanol–water partition coefficient (Wildman–Crippen LogP) is 5.95. The molecule has 0 aliphatic carbocycles. The van der Waals surface area contributed by atoms with Crippen LogP contribution in [0.1, 0.15) is 22.5 Å². The number of rotatable bonds is 3. The molecule has 1 N–H and O–H groups in total. The fraction of sp³-hybridized carbons (Fsp3) is 0.130. The van der Waals surface area contributed by atoms with Crippen LogP contribution in [-0.2, 0) is 4.79 Å². The zero-order valence-electron chi connectivity index (χ0n) is 16.4. The molecule has 146 valence electrons. The highest BCUT2D eigenvalue weighted by Crippen LogP contribution is 2.30. The number of aromatic nitrogens is 1. The van der Waals surface area contributed by atoms with Crippen LogP contribution in [0.3, 0.4) is 0 Å². The summed E-state index contributed by atoms with van der Waals surface area (Å²) in [6.45, 7) is 6.12. The van der Waals surface area contributed by atoms with Crippen LogP contribution in [0.15, 0.2) is 64.5 Å². The van der Waals surface area contributed by atoms with Crippen molar-refractivity contribution in [3.63, 3.8) is 0 Å². The van der Waals surface area contributed by atoms with Crippen LogP contribution in [-0.4, -0.2) is 15.6 Å². The van der Waals surface area contributed by atoms with Crippen LogP contribution in [0.25, 0.3) is 11.8 Å². The Bertz CT molecular complexity index is 1160. The van der Waals surface area contributed by atoms with E-state index in [1.54, 1.807) is 0 Å². The molecule has 0 radical (unpaired) electrons. The van der Waals surface area contributed by atoms with E-state index in [0.717, 1.165) is 33.9 Å². The molecule has 1 aliphatic rings. The summed E-state index contributed by atoms with van der Waals surface area (Å²) in [7, 11) is 0. The maximum absolute atomic E-state index is 12.5. The third kappa shape index (κ3) is 4.16. The third-order valence-electron chi connectivity index (χ3n) is 4.72. The Morgan fingerprint density at radius 1 is 1.07 bits per heavy atom. The molecular weight excluding hydrogens is 402 g/mol. The Balaban J connectivity index is 1.64. The molecule has 0 unspecified atom stereocenters. The van der Waals surface area contributed by atoms with Gasteiger partial charge in [-0.25, -0.2) is 4.99 Å². The Hall–Kier alpha value is -2.76. The lowest BCUT2D eigenvalue weighted by Gasteiger charge is -2.09. The molecule has 1 saturated heterocycles. The number of carbonyl (C=O) groups is 1. The van der Waals surface area contributed by atoms with Crippen molar-refractivity contribution in [2.45, 2.75) is 20.8 Å². The Morgan fingerprint density at radius 3 is 2.55 bits per heavy atom. The topological polar surface area (TPSA) is 46.4 Å². The Labute approximate surface area is 179 Å². The number of hydrogen-bond acceptors (Lipinski definition) is 3. The van der Waals surface area contributed by atoms with Crippen molar-refractivity contribution in [2.75, 3.05) is 0 Å². The van der Waals surface area contributed by atoms with Gasteiger partial charge in [-0.15, -0.1) is 0 Å². The van der Waals surface area contributed by atoms with Crippen molar-refractivity contribution in [3.05, 3.63) is 87.0 Å². The highest BCUT2D eigenvalue weighted by atomic mass is 35.5. The van der Waals surface area contributed by atoms with E-state index in [9.17, 15) is 4.79 Å². The summed E-state index contributed by atoms with van der Waals surface area (Å²) in [5.74, 6) is -0.127. The van der Waals surface area contributed by atoms with E-state index in [4.69, 9.17) is 11.6 Å². The van der Waals surface area contributed by atoms with Gasteiger partial charge in [0.05, 0.1) is 10.6 Å². The van der Waals surface area contributed by atoms with Crippen molar-refractivity contribution in [1.82, 2.24) is 9.88 Å². The minimum absolute atomic E-state index is 0.127. The van der Waals surface area contributed by atoms with E-state index in [2.05, 4.69) is 27.9 Å². The number of nitrogens with zero attached hydrogens (tertiary/aromatic N) is 2. The van der Waals surface area contributed by atoms with Crippen molar-refractivity contribution in [1.29, 1.82) is 0 Å². The smallest absolute Gasteiger partial charge is 0.264 e. The number of amides is 1. The van der Waals surface area contributed by atoms with E-state index >= 15 is 0 Å². The van der Waals surface area contributed by atoms with Crippen LogP contribution < -0.4 is 5.32 Å². The summed E-state index contributed by atoms with van der Waals surface area (Å²) in [5, 5.41) is 4.16. The molecule has 1 aromatic heterocycles. The highest BCUT2D eigenvalue weighted by molar-refractivity contribution is 8.18. The second kappa shape index (κ2) is 7.93. The average Bonchev–Trinajstić information content (AvgIpc) is 3.15. The quantitative estimate of drug-likeness (QED) is 0.531. The molecule has 3 aromatic rings. The van der Waals surface area contributed by atoms with Crippen LogP contribution in [0.4, 0.5) is 5.69 Å². The van der Waals surface area contributed by atoms with Gasteiger partial charge in [0.1, 0.15) is 0 Å². The number of aryl methyl sites for hydroxylation is 2. The number of thioether (sulfide) groups is 1. The molecule has 4 nitrogen and oxygen atoms in total. The van der Waals surface area contributed by atoms with Gasteiger partial charge in [0.25, 0.3) is 5.91 Å². The second-order valence-corrected chi connectivity index (χ2v) is 8.43. The maximum Gasteiger partial charge on any atom is 0.264 e. The largest absolute Gasteiger partial charge is 0.318 e. The Morgan fingerprint density at radius 2 is 1.83 bits per heavy atom. The lowest BCUT2D eigenvalue weighted by atomic mass is 10.2. The number of benzene rings is 2.